The minimum absolute atomic E-state index is 0.693. The summed E-state index contributed by atoms with van der Waals surface area (Å²) in [7, 11) is 0. The highest BCUT2D eigenvalue weighted by Gasteiger charge is 2.36. The van der Waals surface area contributed by atoms with Gasteiger partial charge >= 0.3 is 0 Å². The molecule has 0 radical (unpaired) electrons. The lowest BCUT2D eigenvalue weighted by molar-refractivity contribution is 0.127. The van der Waals surface area contributed by atoms with Gasteiger partial charge in [0.25, 0.3) is 0 Å². The van der Waals surface area contributed by atoms with Crippen LogP contribution in [0.3, 0.4) is 0 Å². The van der Waals surface area contributed by atoms with Gasteiger partial charge in [-0.05, 0) is 86.9 Å². The van der Waals surface area contributed by atoms with Gasteiger partial charge < -0.3 is 10.6 Å². The third-order valence-corrected chi connectivity index (χ3v) is 8.98. The number of rotatable bonds is 6. The number of nitrogens with one attached hydrogen (secondary N) is 2. The van der Waals surface area contributed by atoms with E-state index in [4.69, 9.17) is 0 Å². The van der Waals surface area contributed by atoms with Crippen molar-refractivity contribution in [3.63, 3.8) is 0 Å². The summed E-state index contributed by atoms with van der Waals surface area (Å²) in [5, 5.41) is 8.44. The fraction of sp³-hybridized carbons (Fsp3) is 1.00. The molecule has 3 saturated carbocycles. The van der Waals surface area contributed by atoms with Crippen LogP contribution < -0.4 is 10.6 Å². The van der Waals surface area contributed by atoms with Crippen LogP contribution >= 0.6 is 0 Å². The van der Waals surface area contributed by atoms with Crippen molar-refractivity contribution in [1.82, 2.24) is 10.6 Å². The topological polar surface area (TPSA) is 24.1 Å². The number of hydrogen-bond donors (Lipinski definition) is 2. The second-order valence-corrected chi connectivity index (χ2v) is 11.6. The average Bonchev–Trinajstić information content (AvgIpc) is 2.66. The van der Waals surface area contributed by atoms with Gasteiger partial charge in [-0.2, -0.15) is 0 Å². The second-order valence-electron chi connectivity index (χ2n) is 11.6. The Morgan fingerprint density at radius 1 is 0.536 bits per heavy atom. The van der Waals surface area contributed by atoms with E-state index in [0.29, 0.717) is 12.1 Å². The van der Waals surface area contributed by atoms with Crippen LogP contribution in [-0.2, 0) is 0 Å². The van der Waals surface area contributed by atoms with Gasteiger partial charge in [-0.25, -0.2) is 0 Å². The maximum atomic E-state index is 4.22. The molecule has 0 aromatic rings. The molecule has 0 spiro atoms. The van der Waals surface area contributed by atoms with Crippen molar-refractivity contribution >= 4 is 0 Å². The van der Waals surface area contributed by atoms with E-state index in [1.807, 2.05) is 0 Å². The molecule has 2 heteroatoms. The lowest BCUT2D eigenvalue weighted by atomic mass is 9.73. The summed E-state index contributed by atoms with van der Waals surface area (Å²) < 4.78 is 0. The fourth-order valence-corrected chi connectivity index (χ4v) is 6.46. The molecule has 3 aliphatic rings. The standard InChI is InChI=1S/C26H50N2/c1-17(2)21-13-11-19(5)25(15-21)27-23-9-7-8-10-24(23)28-26-16-22(18(3)4)14-12-20(26)6/h17-28H,7-16H2,1-6H3. The molecular weight excluding hydrogens is 340 g/mol. The van der Waals surface area contributed by atoms with Gasteiger partial charge in [-0.1, -0.05) is 54.4 Å². The first-order valence-corrected chi connectivity index (χ1v) is 12.9. The van der Waals surface area contributed by atoms with E-state index < -0.39 is 0 Å². The lowest BCUT2D eigenvalue weighted by Gasteiger charge is -2.45. The molecule has 0 amide bonds. The van der Waals surface area contributed by atoms with Crippen molar-refractivity contribution in [3.8, 4) is 0 Å². The first-order chi connectivity index (χ1) is 13.3. The minimum Gasteiger partial charge on any atom is -0.309 e. The summed E-state index contributed by atoms with van der Waals surface area (Å²) in [5.41, 5.74) is 0. The normalized spacial score (nSPS) is 42.9. The molecule has 8 atom stereocenters. The van der Waals surface area contributed by atoms with Gasteiger partial charge in [0.15, 0.2) is 0 Å². The van der Waals surface area contributed by atoms with Crippen molar-refractivity contribution in [1.29, 1.82) is 0 Å². The Labute approximate surface area is 176 Å². The van der Waals surface area contributed by atoms with E-state index in [0.717, 1.165) is 47.6 Å². The zero-order valence-corrected chi connectivity index (χ0v) is 19.8. The Balaban J connectivity index is 1.60. The third-order valence-electron chi connectivity index (χ3n) is 8.98. The van der Waals surface area contributed by atoms with Crippen molar-refractivity contribution in [2.24, 2.45) is 35.5 Å². The summed E-state index contributed by atoms with van der Waals surface area (Å²) >= 11 is 0. The van der Waals surface area contributed by atoms with Gasteiger partial charge in [-0.3, -0.25) is 0 Å². The second kappa shape index (κ2) is 10.3. The molecule has 8 unspecified atom stereocenters. The van der Waals surface area contributed by atoms with Crippen LogP contribution in [0.2, 0.25) is 0 Å². The van der Waals surface area contributed by atoms with Crippen molar-refractivity contribution in [2.75, 3.05) is 0 Å². The zero-order chi connectivity index (χ0) is 20.3. The van der Waals surface area contributed by atoms with Crippen LogP contribution in [-0.4, -0.2) is 24.2 Å². The van der Waals surface area contributed by atoms with E-state index in [1.54, 1.807) is 0 Å². The van der Waals surface area contributed by atoms with Crippen molar-refractivity contribution in [3.05, 3.63) is 0 Å². The van der Waals surface area contributed by atoms with E-state index in [2.05, 4.69) is 52.2 Å². The van der Waals surface area contributed by atoms with Gasteiger partial charge in [0, 0.05) is 24.2 Å². The molecule has 0 aliphatic heterocycles. The molecule has 3 rings (SSSR count). The summed E-state index contributed by atoms with van der Waals surface area (Å²) in [5.74, 6) is 5.22. The Morgan fingerprint density at radius 2 is 0.929 bits per heavy atom. The fourth-order valence-electron chi connectivity index (χ4n) is 6.46. The number of hydrogen-bond acceptors (Lipinski definition) is 2. The Kier molecular flexibility index (Phi) is 8.31. The highest BCUT2D eigenvalue weighted by atomic mass is 15.1. The quantitative estimate of drug-likeness (QED) is 0.548. The highest BCUT2D eigenvalue weighted by Crippen LogP contribution is 2.36. The molecule has 3 fully saturated rings. The Hall–Kier alpha value is -0.0800. The minimum atomic E-state index is 0.693. The maximum Gasteiger partial charge on any atom is 0.0224 e. The monoisotopic (exact) mass is 390 g/mol. The van der Waals surface area contributed by atoms with Gasteiger partial charge in [0.2, 0.25) is 0 Å². The first kappa shape index (κ1) is 22.6. The summed E-state index contributed by atoms with van der Waals surface area (Å²) in [4.78, 5) is 0. The maximum absolute atomic E-state index is 4.22. The molecule has 0 heterocycles. The summed E-state index contributed by atoms with van der Waals surface area (Å²) in [6.07, 6.45) is 14.1. The molecule has 2 nitrogen and oxygen atoms in total. The molecule has 0 aromatic carbocycles. The molecule has 3 aliphatic carbocycles. The van der Waals surface area contributed by atoms with Crippen molar-refractivity contribution < 1.29 is 0 Å². The van der Waals surface area contributed by atoms with Crippen LogP contribution in [0, 0.1) is 35.5 Å². The first-order valence-electron chi connectivity index (χ1n) is 12.9. The molecule has 28 heavy (non-hydrogen) atoms. The average molecular weight is 391 g/mol. The highest BCUT2D eigenvalue weighted by molar-refractivity contribution is 4.95. The van der Waals surface area contributed by atoms with Crippen LogP contribution in [0.15, 0.2) is 0 Å². The lowest BCUT2D eigenvalue weighted by Crippen LogP contribution is -2.58. The van der Waals surface area contributed by atoms with Gasteiger partial charge in [0.05, 0.1) is 0 Å². The van der Waals surface area contributed by atoms with Crippen LogP contribution in [0.5, 0.6) is 0 Å². The molecule has 0 bridgehead atoms. The smallest absolute Gasteiger partial charge is 0.0224 e. The van der Waals surface area contributed by atoms with E-state index >= 15 is 0 Å². The van der Waals surface area contributed by atoms with E-state index in [-0.39, 0.29) is 0 Å². The molecular formula is C26H50N2. The van der Waals surface area contributed by atoms with E-state index in [1.165, 1.54) is 64.2 Å². The SMILES string of the molecule is CC(C)C1CCC(C)C(NC2CCCCC2NC2CC(C(C)C)CCC2C)C1. The summed E-state index contributed by atoms with van der Waals surface area (Å²) in [6.45, 7) is 14.7. The predicted molar refractivity (Wildman–Crippen MR) is 123 cm³/mol. The Morgan fingerprint density at radius 3 is 1.29 bits per heavy atom. The van der Waals surface area contributed by atoms with Gasteiger partial charge in [0.1, 0.15) is 0 Å². The molecule has 0 aromatic heterocycles. The van der Waals surface area contributed by atoms with Gasteiger partial charge in [-0.15, -0.1) is 0 Å². The Bertz CT molecular complexity index is 417. The third kappa shape index (κ3) is 5.75. The zero-order valence-electron chi connectivity index (χ0n) is 19.8. The van der Waals surface area contributed by atoms with Crippen molar-refractivity contribution in [2.45, 2.75) is 130 Å². The summed E-state index contributed by atoms with van der Waals surface area (Å²) in [6, 6.07) is 2.86. The van der Waals surface area contributed by atoms with Crippen LogP contribution in [0.1, 0.15) is 106 Å². The molecule has 2 N–H and O–H groups in total. The predicted octanol–water partition coefficient (Wildman–Crippen LogP) is 6.40. The largest absolute Gasteiger partial charge is 0.309 e. The van der Waals surface area contributed by atoms with Crippen LogP contribution in [0.4, 0.5) is 0 Å². The van der Waals surface area contributed by atoms with Crippen LogP contribution in [0.25, 0.3) is 0 Å². The molecule has 164 valence electrons. The molecule has 0 saturated heterocycles. The van der Waals surface area contributed by atoms with E-state index in [9.17, 15) is 0 Å².